The van der Waals surface area contributed by atoms with E-state index >= 15 is 0 Å². The second kappa shape index (κ2) is 6.85. The first-order chi connectivity index (χ1) is 9.63. The van der Waals surface area contributed by atoms with Crippen LogP contribution < -0.4 is 10.6 Å². The third-order valence-electron chi connectivity index (χ3n) is 3.49. The molecule has 0 bridgehead atoms. The second-order valence-corrected chi connectivity index (χ2v) is 6.20. The van der Waals surface area contributed by atoms with Crippen molar-refractivity contribution < 1.29 is 9.90 Å². The smallest absolute Gasteiger partial charge is 0.263 e. The minimum atomic E-state index is -0.734. The number of hydrogen-bond donors (Lipinski definition) is 3. The fraction of sp³-hybridized carbons (Fsp3) is 0.571. The molecule has 1 aliphatic carbocycles. The van der Waals surface area contributed by atoms with Crippen molar-refractivity contribution in [3.8, 4) is 0 Å². The van der Waals surface area contributed by atoms with E-state index in [1.807, 2.05) is 0 Å². The molecule has 0 saturated heterocycles. The summed E-state index contributed by atoms with van der Waals surface area (Å²) in [5.74, 6) is -0.173. The van der Waals surface area contributed by atoms with Crippen molar-refractivity contribution in [2.24, 2.45) is 0 Å². The molecule has 0 unspecified atom stereocenters. The summed E-state index contributed by atoms with van der Waals surface area (Å²) in [6.45, 7) is 4.55. The number of hydrogen-bond acceptors (Lipinski definition) is 5. The average Bonchev–Trinajstić information content (AvgIpc) is 2.92. The Hall–Kier alpha value is -1.40. The normalized spacial score (nSPS) is 17.4. The van der Waals surface area contributed by atoms with Crippen LogP contribution in [-0.4, -0.2) is 34.7 Å². The molecule has 3 N–H and O–H groups in total. The summed E-state index contributed by atoms with van der Waals surface area (Å²) in [4.78, 5) is 16.7. The summed E-state index contributed by atoms with van der Waals surface area (Å²) in [6.07, 6.45) is 8.05. The molecule has 1 aromatic heterocycles. The minimum absolute atomic E-state index is 0.173. The third-order valence-corrected chi connectivity index (χ3v) is 4.44. The highest BCUT2D eigenvalue weighted by atomic mass is 32.1. The van der Waals surface area contributed by atoms with Crippen LogP contribution in [-0.2, 0) is 0 Å². The van der Waals surface area contributed by atoms with Gasteiger partial charge in [0.2, 0.25) is 0 Å². The van der Waals surface area contributed by atoms with E-state index < -0.39 is 5.60 Å². The number of carbonyl (C=O) groups excluding carboxylic acids is 1. The average molecular weight is 295 g/mol. The molecule has 1 amide bonds. The summed E-state index contributed by atoms with van der Waals surface area (Å²) >= 11 is 1.30. The van der Waals surface area contributed by atoms with Gasteiger partial charge in [0.25, 0.3) is 5.91 Å². The SMILES string of the molecule is C=CCNc1ncc(C(=O)NCC2(O)CCCCC2)s1. The molecule has 0 spiro atoms. The molecule has 1 aromatic rings. The van der Waals surface area contributed by atoms with Crippen LogP contribution in [0.25, 0.3) is 0 Å². The molecule has 5 nitrogen and oxygen atoms in total. The fourth-order valence-electron chi connectivity index (χ4n) is 2.34. The largest absolute Gasteiger partial charge is 0.388 e. The van der Waals surface area contributed by atoms with E-state index in [0.717, 1.165) is 25.7 Å². The lowest BCUT2D eigenvalue weighted by Crippen LogP contribution is -2.44. The minimum Gasteiger partial charge on any atom is -0.388 e. The molecule has 0 aromatic carbocycles. The quantitative estimate of drug-likeness (QED) is 0.703. The fourth-order valence-corrected chi connectivity index (χ4v) is 3.08. The second-order valence-electron chi connectivity index (χ2n) is 5.17. The van der Waals surface area contributed by atoms with Crippen molar-refractivity contribution in [2.75, 3.05) is 18.4 Å². The molecule has 1 aliphatic rings. The van der Waals surface area contributed by atoms with Gasteiger partial charge in [-0.25, -0.2) is 4.98 Å². The Morgan fingerprint density at radius 3 is 2.95 bits per heavy atom. The molecule has 0 radical (unpaired) electrons. The number of rotatable bonds is 6. The van der Waals surface area contributed by atoms with E-state index in [4.69, 9.17) is 0 Å². The van der Waals surface area contributed by atoms with E-state index in [-0.39, 0.29) is 5.91 Å². The van der Waals surface area contributed by atoms with Crippen LogP contribution in [0.15, 0.2) is 18.9 Å². The first-order valence-corrected chi connectivity index (χ1v) is 7.76. The van der Waals surface area contributed by atoms with Gasteiger partial charge in [0.15, 0.2) is 5.13 Å². The highest BCUT2D eigenvalue weighted by molar-refractivity contribution is 7.17. The number of thiazole rings is 1. The maximum atomic E-state index is 12.0. The maximum absolute atomic E-state index is 12.0. The van der Waals surface area contributed by atoms with Crippen LogP contribution in [0.1, 0.15) is 41.8 Å². The zero-order valence-corrected chi connectivity index (χ0v) is 12.3. The predicted octanol–water partition coefficient (Wildman–Crippen LogP) is 2.17. The summed E-state index contributed by atoms with van der Waals surface area (Å²) < 4.78 is 0. The van der Waals surface area contributed by atoms with Crippen molar-refractivity contribution in [1.82, 2.24) is 10.3 Å². The Bertz CT molecular complexity index is 467. The van der Waals surface area contributed by atoms with Gasteiger partial charge in [0, 0.05) is 13.1 Å². The highest BCUT2D eigenvalue weighted by Crippen LogP contribution is 2.27. The predicted molar refractivity (Wildman–Crippen MR) is 81.2 cm³/mol. The van der Waals surface area contributed by atoms with Crippen molar-refractivity contribution in [3.63, 3.8) is 0 Å². The van der Waals surface area contributed by atoms with Crippen LogP contribution in [0.4, 0.5) is 5.13 Å². The molecule has 20 heavy (non-hydrogen) atoms. The summed E-state index contributed by atoms with van der Waals surface area (Å²) in [5.41, 5.74) is -0.734. The zero-order chi connectivity index (χ0) is 14.4. The molecule has 0 aliphatic heterocycles. The van der Waals surface area contributed by atoms with Gasteiger partial charge in [-0.05, 0) is 12.8 Å². The third kappa shape index (κ3) is 4.05. The Morgan fingerprint density at radius 1 is 1.50 bits per heavy atom. The highest BCUT2D eigenvalue weighted by Gasteiger charge is 2.29. The van der Waals surface area contributed by atoms with Crippen LogP contribution in [0, 0.1) is 0 Å². The number of nitrogens with zero attached hydrogens (tertiary/aromatic N) is 1. The van der Waals surface area contributed by atoms with Gasteiger partial charge in [0.1, 0.15) is 4.88 Å². The van der Waals surface area contributed by atoms with Gasteiger partial charge in [-0.15, -0.1) is 6.58 Å². The van der Waals surface area contributed by atoms with Crippen molar-refractivity contribution >= 4 is 22.4 Å². The first-order valence-electron chi connectivity index (χ1n) is 6.94. The number of amides is 1. The van der Waals surface area contributed by atoms with Gasteiger partial charge in [-0.3, -0.25) is 4.79 Å². The van der Waals surface area contributed by atoms with Crippen molar-refractivity contribution in [3.05, 3.63) is 23.7 Å². The molecular weight excluding hydrogens is 274 g/mol. The maximum Gasteiger partial charge on any atom is 0.263 e. The number of anilines is 1. The lowest BCUT2D eigenvalue weighted by atomic mass is 9.85. The van der Waals surface area contributed by atoms with Gasteiger partial charge >= 0.3 is 0 Å². The molecule has 1 fully saturated rings. The van der Waals surface area contributed by atoms with Gasteiger partial charge in [-0.2, -0.15) is 0 Å². The lowest BCUT2D eigenvalue weighted by molar-refractivity contribution is 0.00529. The standard InChI is InChI=1S/C14H21N3O2S/c1-2-8-15-13-16-9-11(20-13)12(18)17-10-14(19)6-4-3-5-7-14/h2,9,19H,1,3-8,10H2,(H,15,16)(H,17,18). The summed E-state index contributed by atoms with van der Waals surface area (Å²) in [5, 5.41) is 16.9. The van der Waals surface area contributed by atoms with E-state index in [1.165, 1.54) is 17.8 Å². The number of carbonyl (C=O) groups is 1. The lowest BCUT2D eigenvalue weighted by Gasteiger charge is -2.31. The Kier molecular flexibility index (Phi) is 5.14. The van der Waals surface area contributed by atoms with Gasteiger partial charge in [0.05, 0.1) is 11.8 Å². The molecule has 110 valence electrons. The number of aromatic nitrogens is 1. The summed E-state index contributed by atoms with van der Waals surface area (Å²) in [6, 6.07) is 0. The Labute approximate surface area is 123 Å². The Morgan fingerprint density at radius 2 is 2.25 bits per heavy atom. The first kappa shape index (κ1) is 15.0. The zero-order valence-electron chi connectivity index (χ0n) is 11.5. The van der Waals surface area contributed by atoms with Gasteiger partial charge < -0.3 is 15.7 Å². The molecular formula is C14H21N3O2S. The van der Waals surface area contributed by atoms with Crippen LogP contribution in [0.3, 0.4) is 0 Å². The van der Waals surface area contributed by atoms with Crippen LogP contribution >= 0.6 is 11.3 Å². The van der Waals surface area contributed by atoms with Gasteiger partial charge in [-0.1, -0.05) is 36.7 Å². The van der Waals surface area contributed by atoms with E-state index in [9.17, 15) is 9.90 Å². The van der Waals surface area contributed by atoms with Crippen LogP contribution in [0.5, 0.6) is 0 Å². The van der Waals surface area contributed by atoms with Crippen molar-refractivity contribution in [2.45, 2.75) is 37.7 Å². The Balaban J connectivity index is 1.84. The molecule has 2 rings (SSSR count). The number of aliphatic hydroxyl groups is 1. The monoisotopic (exact) mass is 295 g/mol. The van der Waals surface area contributed by atoms with Crippen LogP contribution in [0.2, 0.25) is 0 Å². The van der Waals surface area contributed by atoms with E-state index in [1.54, 1.807) is 12.3 Å². The molecule has 1 saturated carbocycles. The molecule has 6 heteroatoms. The topological polar surface area (TPSA) is 74.2 Å². The number of nitrogens with one attached hydrogen (secondary N) is 2. The summed E-state index contributed by atoms with van der Waals surface area (Å²) in [7, 11) is 0. The molecule has 1 heterocycles. The van der Waals surface area contributed by atoms with Crippen molar-refractivity contribution in [1.29, 1.82) is 0 Å². The molecule has 0 atom stereocenters. The van der Waals surface area contributed by atoms with E-state index in [0.29, 0.717) is 23.1 Å². The van der Waals surface area contributed by atoms with E-state index in [2.05, 4.69) is 22.2 Å².